The van der Waals surface area contributed by atoms with Gasteiger partial charge in [0.25, 0.3) is 0 Å². The molecule has 1 aromatic carbocycles. The molecule has 0 heterocycles. The van der Waals surface area contributed by atoms with Gasteiger partial charge in [0.2, 0.25) is 0 Å². The van der Waals surface area contributed by atoms with Crippen molar-refractivity contribution >= 4 is 5.97 Å². The third kappa shape index (κ3) is 5.23. The zero-order valence-corrected chi connectivity index (χ0v) is 15.5. The van der Waals surface area contributed by atoms with E-state index in [9.17, 15) is 4.79 Å². The van der Waals surface area contributed by atoms with Gasteiger partial charge in [0.1, 0.15) is 11.9 Å². The fourth-order valence-electron chi connectivity index (χ4n) is 4.25. The minimum absolute atomic E-state index is 0.0372. The molecule has 0 N–H and O–H groups in total. The number of hydrogen-bond acceptors (Lipinski definition) is 3. The highest BCUT2D eigenvalue weighted by Gasteiger charge is 2.29. The van der Waals surface area contributed by atoms with Crippen LogP contribution in [0.5, 0.6) is 5.75 Å². The largest absolute Gasteiger partial charge is 0.493 e. The zero-order chi connectivity index (χ0) is 17.5. The van der Waals surface area contributed by atoms with E-state index in [0.717, 1.165) is 37.5 Å². The van der Waals surface area contributed by atoms with E-state index in [4.69, 9.17) is 9.47 Å². The summed E-state index contributed by atoms with van der Waals surface area (Å²) in [4.78, 5) is 11.7. The lowest BCUT2D eigenvalue weighted by atomic mass is 9.81. The van der Waals surface area contributed by atoms with E-state index in [0.29, 0.717) is 12.3 Å². The molecule has 2 aliphatic carbocycles. The van der Waals surface area contributed by atoms with Crippen LogP contribution in [-0.2, 0) is 9.53 Å². The molecule has 3 rings (SSSR count). The molecule has 2 unspecified atom stereocenters. The predicted molar refractivity (Wildman–Crippen MR) is 99.9 cm³/mol. The maximum absolute atomic E-state index is 11.7. The van der Waals surface area contributed by atoms with Crippen molar-refractivity contribution < 1.29 is 14.3 Å². The Morgan fingerprint density at radius 2 is 1.64 bits per heavy atom. The van der Waals surface area contributed by atoms with Crippen LogP contribution in [0.25, 0.3) is 0 Å². The second-order valence-corrected chi connectivity index (χ2v) is 7.66. The van der Waals surface area contributed by atoms with Crippen LogP contribution in [0.4, 0.5) is 0 Å². The Morgan fingerprint density at radius 3 is 2.36 bits per heavy atom. The summed E-state index contributed by atoms with van der Waals surface area (Å²) in [5, 5.41) is 0. The van der Waals surface area contributed by atoms with Crippen LogP contribution < -0.4 is 4.74 Å². The van der Waals surface area contributed by atoms with Crippen LogP contribution in [0, 0.1) is 5.92 Å². The summed E-state index contributed by atoms with van der Waals surface area (Å²) in [6, 6.07) is 8.51. The molecule has 3 heteroatoms. The Hall–Kier alpha value is -1.51. The van der Waals surface area contributed by atoms with Crippen LogP contribution >= 0.6 is 0 Å². The number of hydrogen-bond donors (Lipinski definition) is 0. The fourth-order valence-corrected chi connectivity index (χ4v) is 4.25. The molecule has 2 aliphatic rings. The first kappa shape index (κ1) is 18.3. The fraction of sp³-hybridized carbons (Fsp3) is 0.682. The van der Waals surface area contributed by atoms with Crippen molar-refractivity contribution in [1.29, 1.82) is 0 Å². The Kier molecular flexibility index (Phi) is 6.77. The molecule has 1 aromatic rings. The van der Waals surface area contributed by atoms with E-state index in [-0.39, 0.29) is 12.1 Å². The number of carbonyl (C=O) groups is 1. The van der Waals surface area contributed by atoms with Gasteiger partial charge in [0, 0.05) is 12.3 Å². The van der Waals surface area contributed by atoms with Gasteiger partial charge in [-0.15, -0.1) is 0 Å². The van der Waals surface area contributed by atoms with E-state index in [1.165, 1.54) is 44.1 Å². The molecule has 2 fully saturated rings. The average molecular weight is 344 g/mol. The quantitative estimate of drug-likeness (QED) is 0.628. The van der Waals surface area contributed by atoms with Crippen LogP contribution in [-0.4, -0.2) is 18.7 Å². The van der Waals surface area contributed by atoms with Gasteiger partial charge in [0.05, 0.1) is 6.61 Å². The zero-order valence-electron chi connectivity index (χ0n) is 15.5. The lowest BCUT2D eigenvalue weighted by molar-refractivity contribution is -0.151. The van der Waals surface area contributed by atoms with Gasteiger partial charge >= 0.3 is 5.97 Å². The number of carbonyl (C=O) groups excluding carboxylic acids is 1. The second-order valence-electron chi connectivity index (χ2n) is 7.66. The Bertz CT molecular complexity index is 531. The van der Waals surface area contributed by atoms with E-state index in [2.05, 4.69) is 24.3 Å². The molecule has 25 heavy (non-hydrogen) atoms. The molecule has 0 aromatic heterocycles. The summed E-state index contributed by atoms with van der Waals surface area (Å²) in [7, 11) is 0. The molecule has 0 bridgehead atoms. The highest BCUT2D eigenvalue weighted by atomic mass is 16.5. The lowest BCUT2D eigenvalue weighted by Gasteiger charge is -2.31. The maximum atomic E-state index is 11.7. The Labute approximate surface area is 152 Å². The van der Waals surface area contributed by atoms with Gasteiger partial charge in [-0.1, -0.05) is 44.7 Å². The SMILES string of the molecule is CCC(=O)OC1CCCCC1c1ccc(OCC2CCCCC2)cc1. The molecular weight excluding hydrogens is 312 g/mol. The summed E-state index contributed by atoms with van der Waals surface area (Å²) < 4.78 is 11.7. The van der Waals surface area contributed by atoms with Crippen LogP contribution in [0.2, 0.25) is 0 Å². The van der Waals surface area contributed by atoms with Crippen molar-refractivity contribution in [2.24, 2.45) is 5.92 Å². The van der Waals surface area contributed by atoms with E-state index < -0.39 is 0 Å². The number of rotatable bonds is 6. The van der Waals surface area contributed by atoms with Crippen molar-refractivity contribution in [3.63, 3.8) is 0 Å². The normalized spacial score (nSPS) is 24.7. The monoisotopic (exact) mass is 344 g/mol. The third-order valence-electron chi connectivity index (χ3n) is 5.79. The van der Waals surface area contributed by atoms with Crippen molar-refractivity contribution in [2.75, 3.05) is 6.61 Å². The molecule has 3 nitrogen and oxygen atoms in total. The standard InChI is InChI=1S/C22H32O3/c1-2-22(23)25-21-11-7-6-10-20(21)18-12-14-19(15-13-18)24-16-17-8-4-3-5-9-17/h12-15,17,20-21H,2-11,16H2,1H3. The molecule has 0 saturated heterocycles. The first-order valence-corrected chi connectivity index (χ1v) is 10.2. The van der Waals surface area contributed by atoms with Crippen molar-refractivity contribution in [3.8, 4) is 5.75 Å². The van der Waals surface area contributed by atoms with Crippen LogP contribution in [0.15, 0.2) is 24.3 Å². The summed E-state index contributed by atoms with van der Waals surface area (Å²) >= 11 is 0. The van der Waals surface area contributed by atoms with Crippen molar-refractivity contribution in [3.05, 3.63) is 29.8 Å². The van der Waals surface area contributed by atoms with Gasteiger partial charge < -0.3 is 9.47 Å². The number of ether oxygens (including phenoxy) is 2. The van der Waals surface area contributed by atoms with E-state index >= 15 is 0 Å². The van der Waals surface area contributed by atoms with E-state index in [1.54, 1.807) is 0 Å². The second kappa shape index (κ2) is 9.26. The predicted octanol–water partition coefficient (Wildman–Crippen LogP) is 5.63. The Morgan fingerprint density at radius 1 is 0.960 bits per heavy atom. The molecule has 138 valence electrons. The summed E-state index contributed by atoms with van der Waals surface area (Å²) in [6.45, 7) is 2.71. The topological polar surface area (TPSA) is 35.5 Å². The first-order valence-electron chi connectivity index (χ1n) is 10.2. The molecule has 0 aliphatic heterocycles. The van der Waals surface area contributed by atoms with Gasteiger partial charge in [0.15, 0.2) is 0 Å². The minimum atomic E-state index is -0.0793. The van der Waals surface area contributed by atoms with Gasteiger partial charge in [-0.2, -0.15) is 0 Å². The molecule has 2 saturated carbocycles. The average Bonchev–Trinajstić information content (AvgIpc) is 2.68. The maximum Gasteiger partial charge on any atom is 0.305 e. The molecule has 0 spiro atoms. The summed E-state index contributed by atoms with van der Waals surface area (Å²) in [5.74, 6) is 1.94. The van der Waals surface area contributed by atoms with Crippen molar-refractivity contribution in [1.82, 2.24) is 0 Å². The third-order valence-corrected chi connectivity index (χ3v) is 5.79. The summed E-state index contributed by atoms with van der Waals surface area (Å²) in [5.41, 5.74) is 1.28. The van der Waals surface area contributed by atoms with Gasteiger partial charge in [-0.25, -0.2) is 0 Å². The highest BCUT2D eigenvalue weighted by Crippen LogP contribution is 2.36. The summed E-state index contributed by atoms with van der Waals surface area (Å²) in [6.07, 6.45) is 11.7. The Balaban J connectivity index is 1.57. The lowest BCUT2D eigenvalue weighted by Crippen LogP contribution is -2.28. The van der Waals surface area contributed by atoms with Gasteiger partial charge in [-0.3, -0.25) is 4.79 Å². The number of esters is 1. The number of benzene rings is 1. The molecule has 0 radical (unpaired) electrons. The first-order chi connectivity index (χ1) is 12.3. The van der Waals surface area contributed by atoms with Crippen molar-refractivity contribution in [2.45, 2.75) is 83.2 Å². The highest BCUT2D eigenvalue weighted by molar-refractivity contribution is 5.69. The smallest absolute Gasteiger partial charge is 0.305 e. The minimum Gasteiger partial charge on any atom is -0.493 e. The molecule has 0 amide bonds. The van der Waals surface area contributed by atoms with Crippen LogP contribution in [0.3, 0.4) is 0 Å². The van der Waals surface area contributed by atoms with E-state index in [1.807, 2.05) is 6.92 Å². The van der Waals surface area contributed by atoms with Gasteiger partial charge in [-0.05, 0) is 55.7 Å². The van der Waals surface area contributed by atoms with Crippen LogP contribution in [0.1, 0.15) is 82.6 Å². The molecular formula is C22H32O3. The molecule has 2 atom stereocenters.